The van der Waals surface area contributed by atoms with Crippen LogP contribution in [0.5, 0.6) is 0 Å². The van der Waals surface area contributed by atoms with Crippen molar-refractivity contribution in [2.45, 2.75) is 39.8 Å². The van der Waals surface area contributed by atoms with Crippen LogP contribution in [0.4, 0.5) is 0 Å². The molecular weight excluding hydrogens is 212 g/mol. The zero-order valence-corrected chi connectivity index (χ0v) is 12.3. The van der Waals surface area contributed by atoms with E-state index in [0.717, 1.165) is 18.8 Å². The van der Waals surface area contributed by atoms with Gasteiger partial charge in [0, 0.05) is 36.9 Å². The molecule has 0 fully saturated rings. The molecule has 1 N–H and O–H groups in total. The van der Waals surface area contributed by atoms with E-state index in [1.807, 2.05) is 11.7 Å². The molecule has 0 amide bonds. The maximum absolute atomic E-state index is 4.43. The molecule has 4 nitrogen and oxygen atoms in total. The summed E-state index contributed by atoms with van der Waals surface area (Å²) < 4.78 is 1.95. The average molecular weight is 238 g/mol. The summed E-state index contributed by atoms with van der Waals surface area (Å²) in [5.41, 5.74) is 3.86. The molecule has 0 aliphatic carbocycles. The van der Waals surface area contributed by atoms with Crippen LogP contribution in [0.15, 0.2) is 0 Å². The summed E-state index contributed by atoms with van der Waals surface area (Å²) in [7, 11) is 6.22. The van der Waals surface area contributed by atoms with Crippen molar-refractivity contribution < 1.29 is 0 Å². The topological polar surface area (TPSA) is 33.1 Å². The van der Waals surface area contributed by atoms with Gasteiger partial charge in [-0.15, -0.1) is 0 Å². The molecule has 0 saturated carbocycles. The Hall–Kier alpha value is -0.870. The predicted molar refractivity (Wildman–Crippen MR) is 72.2 cm³/mol. The zero-order valence-electron chi connectivity index (χ0n) is 12.3. The zero-order chi connectivity index (χ0) is 13.2. The number of likely N-dealkylation sites (N-methyl/N-ethyl adjacent to an activating group) is 1. The molecule has 0 aromatic carbocycles. The molecule has 0 saturated heterocycles. The summed E-state index contributed by atoms with van der Waals surface area (Å²) in [4.78, 5) is 2.24. The molecule has 1 rings (SSSR count). The van der Waals surface area contributed by atoms with Gasteiger partial charge in [0.25, 0.3) is 0 Å². The number of nitrogens with one attached hydrogen (secondary N) is 1. The van der Waals surface area contributed by atoms with E-state index in [0.29, 0.717) is 0 Å². The fraction of sp³-hybridized carbons (Fsp3) is 0.769. The van der Waals surface area contributed by atoms with Crippen LogP contribution >= 0.6 is 0 Å². The van der Waals surface area contributed by atoms with Gasteiger partial charge in [-0.25, -0.2) is 0 Å². The van der Waals surface area contributed by atoms with E-state index in [1.165, 1.54) is 11.3 Å². The largest absolute Gasteiger partial charge is 0.311 e. The molecule has 4 heteroatoms. The van der Waals surface area contributed by atoms with Crippen molar-refractivity contribution in [2.24, 2.45) is 7.05 Å². The highest BCUT2D eigenvalue weighted by molar-refractivity contribution is 5.24. The number of aryl methyl sites for hydroxylation is 2. The van der Waals surface area contributed by atoms with Crippen molar-refractivity contribution in [3.05, 3.63) is 17.0 Å². The number of nitrogens with zero attached hydrogens (tertiary/aromatic N) is 3. The van der Waals surface area contributed by atoms with Crippen molar-refractivity contribution >= 4 is 0 Å². The van der Waals surface area contributed by atoms with Gasteiger partial charge in [0.2, 0.25) is 0 Å². The molecule has 0 unspecified atom stereocenters. The van der Waals surface area contributed by atoms with E-state index >= 15 is 0 Å². The monoisotopic (exact) mass is 238 g/mol. The van der Waals surface area contributed by atoms with Crippen LogP contribution in [0.1, 0.15) is 30.8 Å². The van der Waals surface area contributed by atoms with E-state index in [1.54, 1.807) is 0 Å². The van der Waals surface area contributed by atoms with Gasteiger partial charge in [-0.05, 0) is 41.8 Å². The standard InChI is InChI=1S/C13H26N4/c1-10-12(11(2)17(7)15-10)8-14-9-13(3,4)16(5)6/h14H,8-9H2,1-7H3. The third-order valence-electron chi connectivity index (χ3n) is 3.73. The summed E-state index contributed by atoms with van der Waals surface area (Å²) in [6, 6.07) is 0. The molecule has 1 aromatic heterocycles. The third-order valence-corrected chi connectivity index (χ3v) is 3.73. The highest BCUT2D eigenvalue weighted by Crippen LogP contribution is 2.13. The van der Waals surface area contributed by atoms with Gasteiger partial charge < -0.3 is 10.2 Å². The number of aromatic nitrogens is 2. The Kier molecular flexibility index (Phi) is 4.33. The first-order valence-electron chi connectivity index (χ1n) is 6.13. The van der Waals surface area contributed by atoms with Gasteiger partial charge in [-0.2, -0.15) is 5.10 Å². The normalized spacial score (nSPS) is 12.5. The van der Waals surface area contributed by atoms with Crippen molar-refractivity contribution in [1.82, 2.24) is 20.0 Å². The molecule has 1 heterocycles. The summed E-state index contributed by atoms with van der Waals surface area (Å²) >= 11 is 0. The minimum Gasteiger partial charge on any atom is -0.311 e. The highest BCUT2D eigenvalue weighted by atomic mass is 15.3. The van der Waals surface area contributed by atoms with Crippen molar-refractivity contribution in [3.8, 4) is 0 Å². The van der Waals surface area contributed by atoms with Crippen LogP contribution in [0, 0.1) is 13.8 Å². The van der Waals surface area contributed by atoms with E-state index in [2.05, 4.69) is 57.1 Å². The van der Waals surface area contributed by atoms with Crippen LogP contribution in [-0.4, -0.2) is 40.9 Å². The Morgan fingerprint density at radius 3 is 2.29 bits per heavy atom. The Bertz CT molecular complexity index is 377. The minimum absolute atomic E-state index is 0.171. The van der Waals surface area contributed by atoms with Crippen molar-refractivity contribution in [1.29, 1.82) is 0 Å². The molecule has 0 aliphatic rings. The lowest BCUT2D eigenvalue weighted by atomic mass is 10.0. The lowest BCUT2D eigenvalue weighted by Gasteiger charge is -2.32. The first-order chi connectivity index (χ1) is 7.75. The average Bonchev–Trinajstić information content (AvgIpc) is 2.44. The maximum Gasteiger partial charge on any atom is 0.0641 e. The van der Waals surface area contributed by atoms with Gasteiger partial charge in [0.15, 0.2) is 0 Å². The van der Waals surface area contributed by atoms with Crippen LogP contribution < -0.4 is 5.32 Å². The van der Waals surface area contributed by atoms with E-state index < -0.39 is 0 Å². The summed E-state index contributed by atoms with van der Waals surface area (Å²) in [5.74, 6) is 0. The van der Waals surface area contributed by atoms with Gasteiger partial charge in [-0.3, -0.25) is 4.68 Å². The SMILES string of the molecule is Cc1nn(C)c(C)c1CNCC(C)(C)N(C)C. The molecule has 0 radical (unpaired) electrons. The van der Waals surface area contributed by atoms with Crippen LogP contribution in [-0.2, 0) is 13.6 Å². The molecule has 1 aromatic rings. The van der Waals surface area contributed by atoms with Crippen LogP contribution in [0.25, 0.3) is 0 Å². The first kappa shape index (κ1) is 14.2. The lowest BCUT2D eigenvalue weighted by Crippen LogP contribution is -2.46. The third kappa shape index (κ3) is 3.30. The first-order valence-corrected chi connectivity index (χ1v) is 6.13. The Balaban J connectivity index is 2.57. The van der Waals surface area contributed by atoms with Crippen molar-refractivity contribution in [3.63, 3.8) is 0 Å². The molecule has 0 aliphatic heterocycles. The molecule has 17 heavy (non-hydrogen) atoms. The summed E-state index contributed by atoms with van der Waals surface area (Å²) in [6.07, 6.45) is 0. The fourth-order valence-electron chi connectivity index (χ4n) is 1.72. The van der Waals surface area contributed by atoms with E-state index in [9.17, 15) is 0 Å². The van der Waals surface area contributed by atoms with Crippen LogP contribution in [0.2, 0.25) is 0 Å². The fourth-order valence-corrected chi connectivity index (χ4v) is 1.72. The second-order valence-electron chi connectivity index (χ2n) is 5.58. The van der Waals surface area contributed by atoms with Gasteiger partial charge >= 0.3 is 0 Å². The van der Waals surface area contributed by atoms with Gasteiger partial charge in [-0.1, -0.05) is 0 Å². The lowest BCUT2D eigenvalue weighted by molar-refractivity contribution is 0.189. The van der Waals surface area contributed by atoms with Crippen LogP contribution in [0.3, 0.4) is 0 Å². The van der Waals surface area contributed by atoms with Gasteiger partial charge in [0.1, 0.15) is 0 Å². The van der Waals surface area contributed by atoms with E-state index in [-0.39, 0.29) is 5.54 Å². The second-order valence-corrected chi connectivity index (χ2v) is 5.58. The smallest absolute Gasteiger partial charge is 0.0641 e. The molecule has 0 spiro atoms. The summed E-state index contributed by atoms with van der Waals surface area (Å²) in [5, 5.41) is 7.95. The maximum atomic E-state index is 4.43. The molecule has 0 bridgehead atoms. The van der Waals surface area contributed by atoms with Crippen molar-refractivity contribution in [2.75, 3.05) is 20.6 Å². The van der Waals surface area contributed by atoms with Gasteiger partial charge in [0.05, 0.1) is 5.69 Å². The minimum atomic E-state index is 0.171. The Morgan fingerprint density at radius 2 is 1.88 bits per heavy atom. The number of hydrogen-bond acceptors (Lipinski definition) is 3. The Labute approximate surface area is 105 Å². The summed E-state index contributed by atoms with van der Waals surface area (Å²) in [6.45, 7) is 10.5. The number of rotatable bonds is 5. The second kappa shape index (κ2) is 5.19. The number of hydrogen-bond donors (Lipinski definition) is 1. The molecule has 98 valence electrons. The van der Waals surface area contributed by atoms with E-state index in [4.69, 9.17) is 0 Å². The predicted octanol–water partition coefficient (Wildman–Crippen LogP) is 1.47. The Morgan fingerprint density at radius 1 is 1.29 bits per heavy atom. The molecule has 0 atom stereocenters. The molecular formula is C13H26N4. The highest BCUT2D eigenvalue weighted by Gasteiger charge is 2.20. The quantitative estimate of drug-likeness (QED) is 0.843.